The van der Waals surface area contributed by atoms with E-state index in [2.05, 4.69) is 15.2 Å². The Bertz CT molecular complexity index is 783. The summed E-state index contributed by atoms with van der Waals surface area (Å²) in [7, 11) is 0. The average molecular weight is 303 g/mol. The summed E-state index contributed by atoms with van der Waals surface area (Å²) >= 11 is 5.69. The number of carbonyl (C=O) groups excluding carboxylic acids is 1. The third-order valence-electron chi connectivity index (χ3n) is 2.81. The molecule has 2 heterocycles. The molecule has 0 bridgehead atoms. The highest BCUT2D eigenvalue weighted by Gasteiger charge is 2.17. The number of ketones is 1. The zero-order valence-corrected chi connectivity index (χ0v) is 11.3. The Hall–Kier alpha value is -2.60. The number of aromatic nitrogens is 4. The molecule has 0 aliphatic carbocycles. The Kier molecular flexibility index (Phi) is 3.45. The zero-order valence-electron chi connectivity index (χ0n) is 10.6. The zero-order chi connectivity index (χ0) is 14.8. The lowest BCUT2D eigenvalue weighted by Gasteiger charge is -2.05. The maximum atomic E-state index is 12.9. The third kappa shape index (κ3) is 2.66. The van der Waals surface area contributed by atoms with Crippen LogP contribution in [0.25, 0.3) is 5.82 Å². The number of hydrogen-bond acceptors (Lipinski definition) is 4. The Morgan fingerprint density at radius 1 is 1.10 bits per heavy atom. The van der Waals surface area contributed by atoms with Crippen LogP contribution in [0, 0.1) is 5.82 Å². The lowest BCUT2D eigenvalue weighted by Crippen LogP contribution is -2.11. The van der Waals surface area contributed by atoms with Crippen molar-refractivity contribution < 1.29 is 9.18 Å². The number of nitrogens with zero attached hydrogens (tertiary/aromatic N) is 4. The first-order chi connectivity index (χ1) is 10.1. The first-order valence-electron chi connectivity index (χ1n) is 5.98. The van der Waals surface area contributed by atoms with Crippen molar-refractivity contribution in [3.05, 3.63) is 71.2 Å². The average Bonchev–Trinajstić information content (AvgIpc) is 2.97. The van der Waals surface area contributed by atoms with Crippen molar-refractivity contribution in [1.82, 2.24) is 19.7 Å². The smallest absolute Gasteiger partial charge is 0.228 e. The summed E-state index contributed by atoms with van der Waals surface area (Å²) in [5, 5.41) is 7.88. The molecule has 21 heavy (non-hydrogen) atoms. The maximum absolute atomic E-state index is 12.9. The summed E-state index contributed by atoms with van der Waals surface area (Å²) in [4.78, 5) is 16.4. The number of rotatable bonds is 3. The van der Waals surface area contributed by atoms with Crippen LogP contribution >= 0.6 is 11.6 Å². The van der Waals surface area contributed by atoms with Crippen LogP contribution in [0.1, 0.15) is 16.2 Å². The molecule has 3 rings (SSSR count). The van der Waals surface area contributed by atoms with E-state index in [1.54, 1.807) is 18.3 Å². The van der Waals surface area contributed by atoms with E-state index in [-0.39, 0.29) is 16.8 Å². The molecule has 104 valence electrons. The topological polar surface area (TPSA) is 60.7 Å². The fourth-order valence-corrected chi connectivity index (χ4v) is 1.92. The summed E-state index contributed by atoms with van der Waals surface area (Å²) in [6.07, 6.45) is 3.07. The number of carbonyl (C=O) groups is 1. The van der Waals surface area contributed by atoms with Crippen molar-refractivity contribution in [2.45, 2.75) is 0 Å². The fraction of sp³-hybridized carbons (Fsp3) is 0. The van der Waals surface area contributed by atoms with Crippen molar-refractivity contribution in [3.8, 4) is 5.82 Å². The van der Waals surface area contributed by atoms with Gasteiger partial charge in [0.1, 0.15) is 5.82 Å². The predicted molar refractivity (Wildman–Crippen MR) is 74.0 cm³/mol. The minimum Gasteiger partial charge on any atom is -0.285 e. The predicted octanol–water partition coefficient (Wildman–Crippen LogP) is 2.69. The summed E-state index contributed by atoms with van der Waals surface area (Å²) in [6, 6.07) is 8.45. The van der Waals surface area contributed by atoms with Gasteiger partial charge in [-0.3, -0.25) is 9.36 Å². The Labute approximate surface area is 124 Å². The molecule has 0 amide bonds. The Balaban J connectivity index is 2.00. The van der Waals surface area contributed by atoms with Crippen molar-refractivity contribution in [2.24, 2.45) is 0 Å². The molecule has 0 unspecified atom stereocenters. The lowest BCUT2D eigenvalue weighted by atomic mass is 10.1. The van der Waals surface area contributed by atoms with Gasteiger partial charge in [-0.1, -0.05) is 11.6 Å². The molecular weight excluding hydrogens is 295 g/mol. The van der Waals surface area contributed by atoms with Crippen molar-refractivity contribution in [2.75, 3.05) is 0 Å². The normalized spacial score (nSPS) is 10.6. The van der Waals surface area contributed by atoms with Crippen molar-refractivity contribution in [3.63, 3.8) is 0 Å². The fourth-order valence-electron chi connectivity index (χ4n) is 1.82. The van der Waals surface area contributed by atoms with Crippen LogP contribution < -0.4 is 0 Å². The number of halogens is 2. The Morgan fingerprint density at radius 2 is 1.86 bits per heavy atom. The minimum absolute atomic E-state index is 0.165. The van der Waals surface area contributed by atoms with Gasteiger partial charge in [-0.15, -0.1) is 10.2 Å². The van der Waals surface area contributed by atoms with E-state index >= 15 is 0 Å². The van der Waals surface area contributed by atoms with Crippen LogP contribution in [0.5, 0.6) is 0 Å². The first kappa shape index (κ1) is 13.4. The summed E-state index contributed by atoms with van der Waals surface area (Å²) in [6.45, 7) is 0. The van der Waals surface area contributed by atoms with E-state index in [0.29, 0.717) is 11.4 Å². The van der Waals surface area contributed by atoms with Gasteiger partial charge in [0.15, 0.2) is 16.8 Å². The molecule has 0 radical (unpaired) electrons. The molecule has 0 saturated carbocycles. The highest BCUT2D eigenvalue weighted by molar-refractivity contribution is 6.29. The quantitative estimate of drug-likeness (QED) is 0.698. The van der Waals surface area contributed by atoms with Gasteiger partial charge in [-0.05, 0) is 36.4 Å². The molecule has 0 N–H and O–H groups in total. The van der Waals surface area contributed by atoms with Gasteiger partial charge in [-0.25, -0.2) is 9.37 Å². The van der Waals surface area contributed by atoms with E-state index in [1.807, 2.05) is 0 Å². The molecule has 0 aliphatic rings. The van der Waals surface area contributed by atoms with Gasteiger partial charge in [0, 0.05) is 18.0 Å². The van der Waals surface area contributed by atoms with Gasteiger partial charge in [0.2, 0.25) is 5.78 Å². The maximum Gasteiger partial charge on any atom is 0.228 e. The van der Waals surface area contributed by atoms with E-state index in [0.717, 1.165) is 0 Å². The molecule has 3 aromatic rings. The highest BCUT2D eigenvalue weighted by Crippen LogP contribution is 2.14. The molecular formula is C14H8ClFN4O. The van der Waals surface area contributed by atoms with Crippen LogP contribution in [0.4, 0.5) is 4.39 Å². The van der Waals surface area contributed by atoms with E-state index in [4.69, 9.17) is 11.6 Å². The summed E-state index contributed by atoms with van der Waals surface area (Å²) in [5.41, 5.74) is 0.339. The van der Waals surface area contributed by atoms with Crippen molar-refractivity contribution in [1.29, 1.82) is 0 Å². The van der Waals surface area contributed by atoms with Crippen molar-refractivity contribution >= 4 is 17.4 Å². The van der Waals surface area contributed by atoms with Gasteiger partial charge in [0.25, 0.3) is 0 Å². The molecule has 5 nitrogen and oxygen atoms in total. The second-order valence-electron chi connectivity index (χ2n) is 4.17. The molecule has 0 fully saturated rings. The molecule has 2 aromatic heterocycles. The number of imidazole rings is 1. The Morgan fingerprint density at radius 3 is 2.52 bits per heavy atom. The third-order valence-corrected chi connectivity index (χ3v) is 3.02. The monoisotopic (exact) mass is 302 g/mol. The SMILES string of the molecule is O=C(c1ccc(F)cc1)c1nccn1-c1ccc(Cl)nn1. The van der Waals surface area contributed by atoms with Gasteiger partial charge in [0.05, 0.1) is 0 Å². The highest BCUT2D eigenvalue weighted by atomic mass is 35.5. The van der Waals surface area contributed by atoms with Crippen LogP contribution in [0.3, 0.4) is 0 Å². The van der Waals surface area contributed by atoms with E-state index in [9.17, 15) is 9.18 Å². The summed E-state index contributed by atoms with van der Waals surface area (Å²) in [5.74, 6) is -0.157. The van der Waals surface area contributed by atoms with Gasteiger partial charge in [-0.2, -0.15) is 0 Å². The molecule has 7 heteroatoms. The van der Waals surface area contributed by atoms with Gasteiger partial charge < -0.3 is 0 Å². The second kappa shape index (κ2) is 5.41. The number of benzene rings is 1. The van der Waals surface area contributed by atoms with E-state index in [1.165, 1.54) is 35.0 Å². The first-order valence-corrected chi connectivity index (χ1v) is 6.36. The van der Waals surface area contributed by atoms with Crippen LogP contribution in [-0.4, -0.2) is 25.5 Å². The number of hydrogen-bond donors (Lipinski definition) is 0. The van der Waals surface area contributed by atoms with E-state index < -0.39 is 5.82 Å². The standard InChI is InChI=1S/C14H8ClFN4O/c15-11-5-6-12(19-18-11)20-8-7-17-14(20)13(21)9-1-3-10(16)4-2-9/h1-8H. The minimum atomic E-state index is -0.404. The van der Waals surface area contributed by atoms with Crippen LogP contribution in [0.15, 0.2) is 48.8 Å². The molecule has 0 spiro atoms. The summed E-state index contributed by atoms with van der Waals surface area (Å²) < 4.78 is 14.4. The van der Waals surface area contributed by atoms with Gasteiger partial charge >= 0.3 is 0 Å². The molecule has 0 atom stereocenters. The molecule has 0 saturated heterocycles. The van der Waals surface area contributed by atoms with Crippen LogP contribution in [0.2, 0.25) is 5.15 Å². The lowest BCUT2D eigenvalue weighted by molar-refractivity contribution is 0.102. The molecule has 0 aliphatic heterocycles. The van der Waals surface area contributed by atoms with Crippen LogP contribution in [-0.2, 0) is 0 Å². The second-order valence-corrected chi connectivity index (χ2v) is 4.56. The molecule has 1 aromatic carbocycles. The largest absolute Gasteiger partial charge is 0.285 e.